The van der Waals surface area contributed by atoms with Gasteiger partial charge >= 0.3 is 0 Å². The van der Waals surface area contributed by atoms with E-state index in [-0.39, 0.29) is 11.2 Å². The van der Waals surface area contributed by atoms with Crippen LogP contribution in [0, 0.1) is 6.92 Å². The Labute approximate surface area is 156 Å². The molecule has 1 aliphatic rings. The number of hydrogen-bond donors (Lipinski definition) is 1. The number of benzene rings is 2. The molecule has 0 saturated heterocycles. The van der Waals surface area contributed by atoms with Crippen LogP contribution in [0.3, 0.4) is 0 Å². The molecule has 1 aliphatic heterocycles. The molecule has 26 heavy (non-hydrogen) atoms. The van der Waals surface area contributed by atoms with Crippen LogP contribution in [-0.4, -0.2) is 28.6 Å². The third-order valence-corrected chi connectivity index (χ3v) is 5.70. The minimum atomic E-state index is -0.00987. The van der Waals surface area contributed by atoms with Gasteiger partial charge in [-0.15, -0.1) is 11.8 Å². The van der Waals surface area contributed by atoms with Crippen molar-refractivity contribution >= 4 is 23.5 Å². The van der Waals surface area contributed by atoms with Crippen molar-refractivity contribution in [2.24, 2.45) is 0 Å². The minimum absolute atomic E-state index is 0.00987. The Bertz CT molecular complexity index is 936. The van der Waals surface area contributed by atoms with E-state index in [2.05, 4.69) is 17.4 Å². The summed E-state index contributed by atoms with van der Waals surface area (Å²) in [5.41, 5.74) is 4.03. The molecular formula is C20H19N3O2S. The second-order valence-corrected chi connectivity index (χ2v) is 7.20. The van der Waals surface area contributed by atoms with Crippen molar-refractivity contribution in [2.45, 2.75) is 12.2 Å². The number of anilines is 1. The van der Waals surface area contributed by atoms with E-state index in [4.69, 9.17) is 9.84 Å². The van der Waals surface area contributed by atoms with Crippen molar-refractivity contribution in [3.8, 4) is 11.4 Å². The van der Waals surface area contributed by atoms with Crippen molar-refractivity contribution in [2.75, 3.05) is 18.2 Å². The summed E-state index contributed by atoms with van der Waals surface area (Å²) in [6.45, 7) is 1.99. The standard InChI is InChI=1S/C20H19N3O2S/c1-13-18-19(14-6-4-3-5-7-14)26-12-17(24)21-20(18)23(22-13)15-8-10-16(25-2)11-9-15/h3-11,19H,12H2,1-2H3,(H,21,24)/t19-/m0/s1. The first kappa shape index (κ1) is 16.7. The van der Waals surface area contributed by atoms with E-state index in [0.717, 1.165) is 28.5 Å². The summed E-state index contributed by atoms with van der Waals surface area (Å²) in [4.78, 5) is 12.3. The Morgan fingerprint density at radius 2 is 1.88 bits per heavy atom. The van der Waals surface area contributed by atoms with E-state index >= 15 is 0 Å². The summed E-state index contributed by atoms with van der Waals surface area (Å²) >= 11 is 1.63. The van der Waals surface area contributed by atoms with Crippen molar-refractivity contribution in [3.63, 3.8) is 0 Å². The fraction of sp³-hybridized carbons (Fsp3) is 0.200. The number of aryl methyl sites for hydroxylation is 1. The number of amides is 1. The second kappa shape index (κ2) is 6.88. The number of nitrogens with zero attached hydrogens (tertiary/aromatic N) is 2. The van der Waals surface area contributed by atoms with Crippen molar-refractivity contribution < 1.29 is 9.53 Å². The van der Waals surface area contributed by atoms with Gasteiger partial charge in [-0.25, -0.2) is 4.68 Å². The number of carbonyl (C=O) groups is 1. The number of thioether (sulfide) groups is 1. The molecule has 0 fully saturated rings. The Morgan fingerprint density at radius 3 is 2.58 bits per heavy atom. The molecule has 1 N–H and O–H groups in total. The van der Waals surface area contributed by atoms with E-state index in [0.29, 0.717) is 5.75 Å². The van der Waals surface area contributed by atoms with Crippen LogP contribution in [0.25, 0.3) is 5.69 Å². The highest BCUT2D eigenvalue weighted by Crippen LogP contribution is 2.43. The third kappa shape index (κ3) is 2.97. The number of nitrogens with one attached hydrogen (secondary N) is 1. The molecule has 3 aromatic rings. The molecule has 132 valence electrons. The Hall–Kier alpha value is -2.73. The average molecular weight is 365 g/mol. The number of rotatable bonds is 3. The number of methoxy groups -OCH3 is 1. The summed E-state index contributed by atoms with van der Waals surface area (Å²) in [6.07, 6.45) is 0. The summed E-state index contributed by atoms with van der Waals surface area (Å²) < 4.78 is 7.04. The van der Waals surface area contributed by atoms with Crippen molar-refractivity contribution in [1.29, 1.82) is 0 Å². The van der Waals surface area contributed by atoms with E-state index in [1.807, 2.05) is 54.1 Å². The number of aromatic nitrogens is 2. The molecule has 0 spiro atoms. The highest BCUT2D eigenvalue weighted by Gasteiger charge is 2.30. The van der Waals surface area contributed by atoms with Crippen LogP contribution in [0.5, 0.6) is 5.75 Å². The van der Waals surface area contributed by atoms with Gasteiger partial charge in [0.1, 0.15) is 11.6 Å². The zero-order chi connectivity index (χ0) is 18.1. The Kier molecular flexibility index (Phi) is 4.42. The quantitative estimate of drug-likeness (QED) is 0.763. The van der Waals surface area contributed by atoms with Crippen LogP contribution < -0.4 is 10.1 Å². The molecule has 1 aromatic heterocycles. The predicted molar refractivity (Wildman–Crippen MR) is 104 cm³/mol. The highest BCUT2D eigenvalue weighted by molar-refractivity contribution is 8.00. The largest absolute Gasteiger partial charge is 0.497 e. The lowest BCUT2D eigenvalue weighted by atomic mass is 10.0. The maximum atomic E-state index is 12.3. The van der Waals surface area contributed by atoms with Crippen LogP contribution in [0.15, 0.2) is 54.6 Å². The zero-order valence-corrected chi connectivity index (χ0v) is 15.4. The van der Waals surface area contributed by atoms with Gasteiger partial charge in [-0.1, -0.05) is 30.3 Å². The summed E-state index contributed by atoms with van der Waals surface area (Å²) in [6, 6.07) is 17.9. The summed E-state index contributed by atoms with van der Waals surface area (Å²) in [7, 11) is 1.64. The van der Waals surface area contributed by atoms with Gasteiger partial charge in [0.15, 0.2) is 0 Å². The molecule has 2 heterocycles. The number of fused-ring (bicyclic) bond motifs is 1. The van der Waals surface area contributed by atoms with Gasteiger partial charge in [0, 0.05) is 5.56 Å². The normalized spacial score (nSPS) is 16.5. The van der Waals surface area contributed by atoms with E-state index in [1.165, 1.54) is 5.56 Å². The minimum Gasteiger partial charge on any atom is -0.497 e. The molecule has 2 aromatic carbocycles. The molecule has 0 saturated carbocycles. The van der Waals surface area contributed by atoms with E-state index in [9.17, 15) is 4.79 Å². The lowest BCUT2D eigenvalue weighted by Crippen LogP contribution is -2.15. The zero-order valence-electron chi connectivity index (χ0n) is 14.6. The molecule has 5 nitrogen and oxygen atoms in total. The predicted octanol–water partition coefficient (Wildman–Crippen LogP) is 3.96. The van der Waals surface area contributed by atoms with Crippen LogP contribution >= 0.6 is 11.8 Å². The lowest BCUT2D eigenvalue weighted by Gasteiger charge is -2.15. The molecular weight excluding hydrogens is 346 g/mol. The average Bonchev–Trinajstić information content (AvgIpc) is 2.88. The molecule has 6 heteroatoms. The molecule has 4 rings (SSSR count). The topological polar surface area (TPSA) is 56.1 Å². The molecule has 0 radical (unpaired) electrons. The van der Waals surface area contributed by atoms with Gasteiger partial charge < -0.3 is 10.1 Å². The highest BCUT2D eigenvalue weighted by atomic mass is 32.2. The van der Waals surface area contributed by atoms with Gasteiger partial charge in [0.25, 0.3) is 0 Å². The van der Waals surface area contributed by atoms with Crippen LogP contribution in [0.4, 0.5) is 5.82 Å². The van der Waals surface area contributed by atoms with E-state index in [1.54, 1.807) is 18.9 Å². The van der Waals surface area contributed by atoms with Crippen LogP contribution in [0.1, 0.15) is 22.1 Å². The summed E-state index contributed by atoms with van der Waals surface area (Å²) in [5.74, 6) is 1.93. The van der Waals surface area contributed by atoms with Gasteiger partial charge in [-0.2, -0.15) is 5.10 Å². The van der Waals surface area contributed by atoms with Crippen LogP contribution in [0.2, 0.25) is 0 Å². The Morgan fingerprint density at radius 1 is 1.15 bits per heavy atom. The number of hydrogen-bond acceptors (Lipinski definition) is 4. The second-order valence-electron chi connectivity index (χ2n) is 6.11. The maximum Gasteiger partial charge on any atom is 0.235 e. The molecule has 1 atom stereocenters. The van der Waals surface area contributed by atoms with E-state index < -0.39 is 0 Å². The fourth-order valence-corrected chi connectivity index (χ4v) is 4.37. The first-order chi connectivity index (χ1) is 12.7. The van der Waals surface area contributed by atoms with Crippen LogP contribution in [-0.2, 0) is 4.79 Å². The smallest absolute Gasteiger partial charge is 0.235 e. The van der Waals surface area contributed by atoms with Gasteiger partial charge in [0.2, 0.25) is 5.91 Å². The fourth-order valence-electron chi connectivity index (χ4n) is 3.18. The monoisotopic (exact) mass is 365 g/mol. The Balaban J connectivity index is 1.85. The van der Waals surface area contributed by atoms with Crippen molar-refractivity contribution in [1.82, 2.24) is 9.78 Å². The lowest BCUT2D eigenvalue weighted by molar-refractivity contribution is -0.113. The molecule has 0 bridgehead atoms. The third-order valence-electron chi connectivity index (χ3n) is 4.43. The molecule has 0 unspecified atom stereocenters. The number of ether oxygens (including phenoxy) is 1. The molecule has 0 aliphatic carbocycles. The summed E-state index contributed by atoms with van der Waals surface area (Å²) in [5, 5.41) is 7.83. The van der Waals surface area contributed by atoms with Crippen molar-refractivity contribution in [3.05, 3.63) is 71.4 Å². The molecule has 1 amide bonds. The van der Waals surface area contributed by atoms with Gasteiger partial charge in [-0.05, 0) is 36.8 Å². The SMILES string of the molecule is COc1ccc(-n2nc(C)c3c2NC(=O)CS[C@H]3c2ccccc2)cc1. The first-order valence-corrected chi connectivity index (χ1v) is 9.42. The van der Waals surface area contributed by atoms with Gasteiger partial charge in [0.05, 0.1) is 29.5 Å². The first-order valence-electron chi connectivity index (χ1n) is 8.37. The number of carbonyl (C=O) groups excluding carboxylic acids is 1. The van der Waals surface area contributed by atoms with Gasteiger partial charge in [-0.3, -0.25) is 4.79 Å². The maximum absolute atomic E-state index is 12.3.